The molecule has 3 rings (SSSR count). The van der Waals surface area contributed by atoms with Gasteiger partial charge in [0.25, 0.3) is 0 Å². The minimum absolute atomic E-state index is 0. The van der Waals surface area contributed by atoms with E-state index in [1.807, 2.05) is 11.0 Å². The van der Waals surface area contributed by atoms with Crippen molar-refractivity contribution in [1.29, 1.82) is 0 Å². The Bertz CT molecular complexity index is 560. The van der Waals surface area contributed by atoms with E-state index in [9.17, 15) is 9.18 Å². The second kappa shape index (κ2) is 7.18. The van der Waals surface area contributed by atoms with Crippen molar-refractivity contribution in [2.75, 3.05) is 13.1 Å². The van der Waals surface area contributed by atoms with Crippen molar-refractivity contribution in [3.63, 3.8) is 0 Å². The fraction of sp³-hybridized carbons (Fsp3) is 0.611. The van der Waals surface area contributed by atoms with Crippen molar-refractivity contribution in [3.05, 3.63) is 35.6 Å². The lowest BCUT2D eigenvalue weighted by Crippen LogP contribution is -2.47. The summed E-state index contributed by atoms with van der Waals surface area (Å²) in [6, 6.07) is 6.99. The number of hydrogen-bond donors (Lipinski definition) is 1. The van der Waals surface area contributed by atoms with E-state index in [0.29, 0.717) is 24.6 Å². The van der Waals surface area contributed by atoms with Crippen LogP contribution >= 0.6 is 12.4 Å². The summed E-state index contributed by atoms with van der Waals surface area (Å²) in [5, 5.41) is 0. The summed E-state index contributed by atoms with van der Waals surface area (Å²) in [7, 11) is 0. The third kappa shape index (κ3) is 3.11. The van der Waals surface area contributed by atoms with Gasteiger partial charge in [-0.15, -0.1) is 12.4 Å². The van der Waals surface area contributed by atoms with Crippen molar-refractivity contribution in [1.82, 2.24) is 4.90 Å². The van der Waals surface area contributed by atoms with Crippen LogP contribution in [0.1, 0.15) is 44.6 Å². The molecule has 2 atom stereocenters. The summed E-state index contributed by atoms with van der Waals surface area (Å²) in [5.41, 5.74) is 5.70. The number of halogens is 2. The average molecular weight is 341 g/mol. The van der Waals surface area contributed by atoms with E-state index in [1.165, 1.54) is 6.07 Å². The molecule has 1 amide bonds. The van der Waals surface area contributed by atoms with Crippen molar-refractivity contribution in [2.24, 2.45) is 11.7 Å². The molecule has 3 nitrogen and oxygen atoms in total. The van der Waals surface area contributed by atoms with Crippen LogP contribution in [-0.4, -0.2) is 29.9 Å². The summed E-state index contributed by atoms with van der Waals surface area (Å²) in [6.07, 6.45) is 4.44. The Morgan fingerprint density at radius 1 is 1.35 bits per heavy atom. The monoisotopic (exact) mass is 340 g/mol. The number of hydrogen-bond acceptors (Lipinski definition) is 2. The number of benzene rings is 1. The third-order valence-electron chi connectivity index (χ3n) is 5.51. The Hall–Kier alpha value is -1.13. The number of rotatable bonds is 3. The average Bonchev–Trinajstić information content (AvgIpc) is 3.14. The van der Waals surface area contributed by atoms with Crippen LogP contribution in [0.2, 0.25) is 0 Å². The molecule has 2 aliphatic rings. The zero-order valence-electron chi connectivity index (χ0n) is 13.6. The standard InChI is InChI=1S/C18H25FN2O.ClH/c1-13-10-14(11-20)12-21(13)17(22)18(8-4-5-9-18)15-6-2-3-7-16(15)19;/h2-3,6-7,13-14H,4-5,8-12,20H2,1H3;1H. The molecule has 128 valence electrons. The first-order valence-electron chi connectivity index (χ1n) is 8.34. The number of nitrogens with two attached hydrogens (primary N) is 1. The minimum atomic E-state index is -0.664. The predicted molar refractivity (Wildman–Crippen MR) is 92.1 cm³/mol. The summed E-state index contributed by atoms with van der Waals surface area (Å²) in [6.45, 7) is 3.41. The molecule has 23 heavy (non-hydrogen) atoms. The van der Waals surface area contributed by atoms with Gasteiger partial charge in [0, 0.05) is 18.2 Å². The van der Waals surface area contributed by atoms with Gasteiger partial charge < -0.3 is 10.6 Å². The van der Waals surface area contributed by atoms with E-state index >= 15 is 0 Å². The molecule has 1 aliphatic heterocycles. The van der Waals surface area contributed by atoms with Crippen molar-refractivity contribution in [2.45, 2.75) is 50.5 Å². The van der Waals surface area contributed by atoms with Crippen LogP contribution in [0.15, 0.2) is 24.3 Å². The Balaban J connectivity index is 0.00000192. The van der Waals surface area contributed by atoms with Crippen LogP contribution in [0.25, 0.3) is 0 Å². The normalized spacial score (nSPS) is 26.1. The van der Waals surface area contributed by atoms with E-state index in [1.54, 1.807) is 12.1 Å². The smallest absolute Gasteiger partial charge is 0.233 e. The largest absolute Gasteiger partial charge is 0.339 e. The van der Waals surface area contributed by atoms with Gasteiger partial charge in [-0.25, -0.2) is 4.39 Å². The van der Waals surface area contributed by atoms with Gasteiger partial charge in [-0.05, 0) is 44.7 Å². The molecule has 2 fully saturated rings. The van der Waals surface area contributed by atoms with Crippen LogP contribution in [-0.2, 0) is 10.2 Å². The molecular weight excluding hydrogens is 315 g/mol. The molecule has 5 heteroatoms. The van der Waals surface area contributed by atoms with E-state index in [-0.39, 0.29) is 30.2 Å². The first-order chi connectivity index (χ1) is 10.6. The molecule has 2 unspecified atom stereocenters. The fourth-order valence-corrected chi connectivity index (χ4v) is 4.30. The van der Waals surface area contributed by atoms with Crippen molar-refractivity contribution < 1.29 is 9.18 Å². The molecule has 1 aromatic carbocycles. The highest BCUT2D eigenvalue weighted by Crippen LogP contribution is 2.44. The van der Waals surface area contributed by atoms with Crippen LogP contribution in [0, 0.1) is 11.7 Å². The molecule has 0 radical (unpaired) electrons. The maximum Gasteiger partial charge on any atom is 0.233 e. The van der Waals surface area contributed by atoms with Gasteiger partial charge in [0.15, 0.2) is 0 Å². The summed E-state index contributed by atoms with van der Waals surface area (Å²) >= 11 is 0. The van der Waals surface area contributed by atoms with Gasteiger partial charge in [0.2, 0.25) is 5.91 Å². The van der Waals surface area contributed by atoms with Gasteiger partial charge >= 0.3 is 0 Å². The minimum Gasteiger partial charge on any atom is -0.339 e. The number of likely N-dealkylation sites (tertiary alicyclic amines) is 1. The van der Waals surface area contributed by atoms with Crippen molar-refractivity contribution in [3.8, 4) is 0 Å². The highest BCUT2D eigenvalue weighted by molar-refractivity contribution is 5.89. The molecule has 1 aromatic rings. The Morgan fingerprint density at radius 3 is 2.57 bits per heavy atom. The van der Waals surface area contributed by atoms with Crippen LogP contribution in [0.3, 0.4) is 0 Å². The second-order valence-electron chi connectivity index (χ2n) is 6.91. The first kappa shape index (κ1) is 18.2. The first-order valence-corrected chi connectivity index (χ1v) is 8.34. The summed E-state index contributed by atoms with van der Waals surface area (Å²) in [4.78, 5) is 15.3. The van der Waals surface area contributed by atoms with Crippen LogP contribution in [0.5, 0.6) is 0 Å². The highest BCUT2D eigenvalue weighted by atomic mass is 35.5. The molecule has 0 spiro atoms. The van der Waals surface area contributed by atoms with E-state index in [4.69, 9.17) is 5.73 Å². The van der Waals surface area contributed by atoms with Gasteiger partial charge in [0.05, 0.1) is 5.41 Å². The fourth-order valence-electron chi connectivity index (χ4n) is 4.30. The van der Waals surface area contributed by atoms with Gasteiger partial charge in [-0.2, -0.15) is 0 Å². The van der Waals surface area contributed by atoms with E-state index in [2.05, 4.69) is 6.92 Å². The molecule has 0 bridgehead atoms. The molecule has 1 aliphatic carbocycles. The molecule has 1 heterocycles. The number of carbonyl (C=O) groups is 1. The summed E-state index contributed by atoms with van der Waals surface area (Å²) in [5.74, 6) is 0.233. The number of carbonyl (C=O) groups excluding carboxylic acids is 1. The van der Waals surface area contributed by atoms with Crippen LogP contribution < -0.4 is 5.73 Å². The van der Waals surface area contributed by atoms with Crippen molar-refractivity contribution >= 4 is 18.3 Å². The lowest BCUT2D eigenvalue weighted by Gasteiger charge is -2.35. The zero-order chi connectivity index (χ0) is 15.7. The Labute approximate surface area is 143 Å². The van der Waals surface area contributed by atoms with Crippen LogP contribution in [0.4, 0.5) is 4.39 Å². The second-order valence-corrected chi connectivity index (χ2v) is 6.91. The Kier molecular flexibility index (Phi) is 5.69. The maximum atomic E-state index is 14.4. The lowest BCUT2D eigenvalue weighted by molar-refractivity contribution is -0.138. The lowest BCUT2D eigenvalue weighted by atomic mass is 9.77. The summed E-state index contributed by atoms with van der Waals surface area (Å²) < 4.78 is 14.4. The molecule has 2 N–H and O–H groups in total. The topological polar surface area (TPSA) is 46.3 Å². The highest BCUT2D eigenvalue weighted by Gasteiger charge is 2.48. The molecular formula is C18H26ClFN2O. The maximum absolute atomic E-state index is 14.4. The van der Waals surface area contributed by atoms with Gasteiger partial charge in [0.1, 0.15) is 5.82 Å². The third-order valence-corrected chi connectivity index (χ3v) is 5.51. The SMILES string of the molecule is CC1CC(CN)CN1C(=O)C1(c2ccccc2F)CCCC1.Cl. The molecule has 1 saturated carbocycles. The molecule has 1 saturated heterocycles. The number of amides is 1. The van der Waals surface area contributed by atoms with Gasteiger partial charge in [-0.1, -0.05) is 31.0 Å². The Morgan fingerprint density at radius 2 is 2.00 bits per heavy atom. The van der Waals surface area contributed by atoms with E-state index < -0.39 is 5.41 Å². The number of nitrogens with zero attached hydrogens (tertiary/aromatic N) is 1. The van der Waals surface area contributed by atoms with Gasteiger partial charge in [-0.3, -0.25) is 4.79 Å². The molecule has 0 aromatic heterocycles. The predicted octanol–water partition coefficient (Wildman–Crippen LogP) is 3.26. The zero-order valence-corrected chi connectivity index (χ0v) is 14.4. The quantitative estimate of drug-likeness (QED) is 0.918. The van der Waals surface area contributed by atoms with E-state index in [0.717, 1.165) is 32.1 Å².